The smallest absolute Gasteiger partial charge is 0.141 e. The van der Waals surface area contributed by atoms with Crippen molar-refractivity contribution in [2.45, 2.75) is 26.3 Å². The van der Waals surface area contributed by atoms with Gasteiger partial charge in [0.15, 0.2) is 0 Å². The van der Waals surface area contributed by atoms with Crippen LogP contribution in [0.3, 0.4) is 0 Å². The minimum Gasteiger partial charge on any atom is -0.384 e. The summed E-state index contributed by atoms with van der Waals surface area (Å²) in [5.41, 5.74) is 10.1. The van der Waals surface area contributed by atoms with E-state index in [1.54, 1.807) is 0 Å². The van der Waals surface area contributed by atoms with Crippen LogP contribution in [-0.2, 0) is 6.42 Å². The zero-order valence-corrected chi connectivity index (χ0v) is 12.8. The van der Waals surface area contributed by atoms with E-state index in [2.05, 4.69) is 20.6 Å². The average Bonchev–Trinajstić information content (AvgIpc) is 2.93. The van der Waals surface area contributed by atoms with Crippen molar-refractivity contribution in [3.63, 3.8) is 0 Å². The molecule has 22 heavy (non-hydrogen) atoms. The van der Waals surface area contributed by atoms with Gasteiger partial charge in [-0.25, -0.2) is 9.97 Å². The summed E-state index contributed by atoms with van der Waals surface area (Å²) in [4.78, 5) is 8.28. The van der Waals surface area contributed by atoms with Crippen LogP contribution in [0.15, 0.2) is 24.5 Å². The normalized spacial score (nSPS) is 12.9. The first-order chi connectivity index (χ1) is 10.6. The largest absolute Gasteiger partial charge is 0.384 e. The number of hydrogen-bond donors (Lipinski definition) is 4. The Morgan fingerprint density at radius 1 is 1.36 bits per heavy atom. The number of nitrogens with one attached hydrogen (secondary N) is 3. The van der Waals surface area contributed by atoms with Crippen LogP contribution in [0.1, 0.15) is 30.5 Å². The first-order valence-electron chi connectivity index (χ1n) is 7.39. The van der Waals surface area contributed by atoms with Crippen molar-refractivity contribution in [2.24, 2.45) is 0 Å². The van der Waals surface area contributed by atoms with Gasteiger partial charge in [-0.1, -0.05) is 6.07 Å². The molecule has 0 radical (unpaired) electrons. The second kappa shape index (κ2) is 5.63. The Hall–Kier alpha value is -2.63. The van der Waals surface area contributed by atoms with Gasteiger partial charge in [0.1, 0.15) is 18.0 Å². The molecule has 0 aliphatic carbocycles. The van der Waals surface area contributed by atoms with E-state index < -0.39 is 0 Å². The fourth-order valence-corrected chi connectivity index (χ4v) is 2.63. The summed E-state index contributed by atoms with van der Waals surface area (Å²) in [6.45, 7) is 4.99. The van der Waals surface area contributed by atoms with Crippen molar-refractivity contribution in [1.29, 1.82) is 5.41 Å². The lowest BCUT2D eigenvalue weighted by Gasteiger charge is -2.16. The Bertz CT molecular complexity index is 723. The zero-order valence-electron chi connectivity index (χ0n) is 12.8. The van der Waals surface area contributed by atoms with Gasteiger partial charge in [0, 0.05) is 23.8 Å². The Labute approximate surface area is 129 Å². The predicted molar refractivity (Wildman–Crippen MR) is 89.8 cm³/mol. The highest BCUT2D eigenvalue weighted by atomic mass is 15.1. The number of nitrogen functional groups attached to an aromatic ring is 1. The van der Waals surface area contributed by atoms with Gasteiger partial charge in [0.05, 0.1) is 11.3 Å². The minimum absolute atomic E-state index is 0.199. The van der Waals surface area contributed by atoms with Gasteiger partial charge in [-0.15, -0.1) is 0 Å². The number of benzene rings is 1. The third kappa shape index (κ3) is 2.59. The van der Waals surface area contributed by atoms with Crippen LogP contribution in [0, 0.1) is 5.41 Å². The fourth-order valence-electron chi connectivity index (χ4n) is 2.63. The molecule has 2 heterocycles. The maximum Gasteiger partial charge on any atom is 0.141 e. The molecule has 2 aromatic rings. The molecule has 3 rings (SSSR count). The highest BCUT2D eigenvalue weighted by Gasteiger charge is 2.18. The van der Waals surface area contributed by atoms with Crippen LogP contribution in [-0.4, -0.2) is 28.3 Å². The van der Waals surface area contributed by atoms with Crippen LogP contribution in [0.5, 0.6) is 0 Å². The number of hydrogen-bond acceptors (Lipinski definition) is 6. The van der Waals surface area contributed by atoms with Crippen molar-refractivity contribution in [3.8, 4) is 0 Å². The van der Waals surface area contributed by atoms with Gasteiger partial charge >= 0.3 is 0 Å². The molecule has 0 saturated heterocycles. The maximum absolute atomic E-state index is 8.54. The lowest BCUT2D eigenvalue weighted by Crippen LogP contribution is -2.18. The van der Waals surface area contributed by atoms with Crippen molar-refractivity contribution in [3.05, 3.63) is 41.2 Å². The molecule has 0 saturated carbocycles. The van der Waals surface area contributed by atoms with E-state index in [4.69, 9.17) is 11.1 Å². The van der Waals surface area contributed by atoms with Crippen LogP contribution in [0.4, 0.5) is 17.3 Å². The Kier molecular flexibility index (Phi) is 3.66. The Morgan fingerprint density at radius 2 is 2.18 bits per heavy atom. The van der Waals surface area contributed by atoms with E-state index in [-0.39, 0.29) is 6.04 Å². The van der Waals surface area contributed by atoms with Gasteiger partial charge < -0.3 is 16.4 Å². The van der Waals surface area contributed by atoms with E-state index in [1.165, 1.54) is 11.9 Å². The molecule has 1 aliphatic heterocycles. The summed E-state index contributed by atoms with van der Waals surface area (Å²) in [5, 5.41) is 15.1. The van der Waals surface area contributed by atoms with Gasteiger partial charge in [0.25, 0.3) is 0 Å². The second-order valence-electron chi connectivity index (χ2n) is 5.71. The molecule has 0 amide bonds. The van der Waals surface area contributed by atoms with E-state index >= 15 is 0 Å². The summed E-state index contributed by atoms with van der Waals surface area (Å²) >= 11 is 0. The SMILES string of the molecule is CC(C)Nc1ncnc(N)c1C(=N)c1ccc2c(c1)CCN2. The number of rotatable bonds is 4. The molecule has 6 heteroatoms. The highest BCUT2D eigenvalue weighted by molar-refractivity contribution is 6.16. The molecule has 6 nitrogen and oxygen atoms in total. The number of nitrogens with zero attached hydrogens (tertiary/aromatic N) is 2. The number of aromatic nitrogens is 2. The summed E-state index contributed by atoms with van der Waals surface area (Å²) in [7, 11) is 0. The summed E-state index contributed by atoms with van der Waals surface area (Å²) in [6.07, 6.45) is 2.40. The quantitative estimate of drug-likeness (QED) is 0.649. The van der Waals surface area contributed by atoms with Crippen molar-refractivity contribution in [2.75, 3.05) is 22.9 Å². The molecule has 5 N–H and O–H groups in total. The summed E-state index contributed by atoms with van der Waals surface area (Å²) in [5.74, 6) is 0.924. The van der Waals surface area contributed by atoms with Gasteiger partial charge in [-0.05, 0) is 38.0 Å². The van der Waals surface area contributed by atoms with Crippen LogP contribution < -0.4 is 16.4 Å². The topological polar surface area (TPSA) is 99.7 Å². The number of nitrogens with two attached hydrogens (primary N) is 1. The van der Waals surface area contributed by atoms with E-state index in [9.17, 15) is 0 Å². The molecule has 0 unspecified atom stereocenters. The van der Waals surface area contributed by atoms with Crippen LogP contribution in [0.2, 0.25) is 0 Å². The van der Waals surface area contributed by atoms with Crippen molar-refractivity contribution in [1.82, 2.24) is 9.97 Å². The Morgan fingerprint density at radius 3 is 2.95 bits per heavy atom. The van der Waals surface area contributed by atoms with E-state index in [0.29, 0.717) is 22.9 Å². The molecule has 1 aromatic carbocycles. The Balaban J connectivity index is 2.01. The molecular weight excluding hydrogens is 276 g/mol. The zero-order chi connectivity index (χ0) is 15.7. The molecule has 0 atom stereocenters. The summed E-state index contributed by atoms with van der Waals surface area (Å²) in [6, 6.07) is 6.20. The van der Waals surface area contributed by atoms with E-state index in [1.807, 2.05) is 32.0 Å². The minimum atomic E-state index is 0.199. The lowest BCUT2D eigenvalue weighted by atomic mass is 10.00. The number of fused-ring (bicyclic) bond motifs is 1. The average molecular weight is 296 g/mol. The summed E-state index contributed by atoms with van der Waals surface area (Å²) < 4.78 is 0. The van der Waals surface area contributed by atoms with Gasteiger partial charge in [0.2, 0.25) is 0 Å². The fraction of sp³-hybridized carbons (Fsp3) is 0.312. The third-order valence-corrected chi connectivity index (χ3v) is 3.66. The third-order valence-electron chi connectivity index (χ3n) is 3.66. The molecule has 0 fully saturated rings. The predicted octanol–water partition coefficient (Wildman–Crippen LogP) is 2.26. The number of anilines is 3. The van der Waals surface area contributed by atoms with E-state index in [0.717, 1.165) is 24.2 Å². The lowest BCUT2D eigenvalue weighted by molar-refractivity contribution is 0.885. The maximum atomic E-state index is 8.54. The van der Waals surface area contributed by atoms with Crippen molar-refractivity contribution >= 4 is 23.0 Å². The molecule has 0 bridgehead atoms. The molecule has 0 spiro atoms. The van der Waals surface area contributed by atoms with Crippen LogP contribution >= 0.6 is 0 Å². The highest BCUT2D eigenvalue weighted by Crippen LogP contribution is 2.27. The second-order valence-corrected chi connectivity index (χ2v) is 5.71. The monoisotopic (exact) mass is 296 g/mol. The molecule has 1 aromatic heterocycles. The van der Waals surface area contributed by atoms with Crippen LogP contribution in [0.25, 0.3) is 0 Å². The van der Waals surface area contributed by atoms with Gasteiger partial charge in [-0.3, -0.25) is 5.41 Å². The molecule has 114 valence electrons. The first-order valence-corrected chi connectivity index (χ1v) is 7.39. The molecule has 1 aliphatic rings. The molecular formula is C16H20N6. The van der Waals surface area contributed by atoms with Crippen molar-refractivity contribution < 1.29 is 0 Å². The standard InChI is InChI=1S/C16H20N6/c1-9(2)22-16-13(15(18)20-8-21-16)14(17)11-3-4-12-10(7-11)5-6-19-12/h3-4,7-9,17,19H,5-6H2,1-2H3,(H3,18,20,21,22). The first kappa shape index (κ1) is 14.3. The van der Waals surface area contributed by atoms with Gasteiger partial charge in [-0.2, -0.15) is 0 Å².